The van der Waals surface area contributed by atoms with Crippen LogP contribution in [0.15, 0.2) is 26.9 Å². The van der Waals surface area contributed by atoms with Gasteiger partial charge in [0.25, 0.3) is 30.4 Å². The Balaban J connectivity index is 0.00000364. The molecule has 1 atom stereocenters. The predicted molar refractivity (Wildman–Crippen MR) is 93.0 cm³/mol. The van der Waals surface area contributed by atoms with Gasteiger partial charge in [-0.3, -0.25) is 18.7 Å². The molecule has 1 heterocycles. The first-order valence-electron chi connectivity index (χ1n) is 7.21. The molecule has 1 unspecified atom stereocenters. The Bertz CT molecular complexity index is 1110. The second-order valence-corrected chi connectivity index (χ2v) is 10.5. The van der Waals surface area contributed by atoms with E-state index in [2.05, 4.69) is 4.99 Å². The van der Waals surface area contributed by atoms with Crippen LogP contribution < -0.4 is 51.4 Å². The van der Waals surface area contributed by atoms with E-state index >= 15 is 0 Å². The molecular weight excluding hydrogens is 449 g/mol. The van der Waals surface area contributed by atoms with E-state index in [-0.39, 0.29) is 76.9 Å². The van der Waals surface area contributed by atoms with E-state index in [0.29, 0.717) is 5.71 Å². The summed E-state index contributed by atoms with van der Waals surface area (Å²) in [7, 11) is -14.3. The molecule has 0 amide bonds. The van der Waals surface area contributed by atoms with Crippen molar-refractivity contribution >= 4 is 41.8 Å². The maximum Gasteiger partial charge on any atom is 1.00 e. The first-order valence-corrected chi connectivity index (χ1v) is 11.7. The van der Waals surface area contributed by atoms with Crippen molar-refractivity contribution < 1.29 is 91.7 Å². The van der Waals surface area contributed by atoms with Crippen LogP contribution in [0.5, 0.6) is 0 Å². The third-order valence-corrected chi connectivity index (χ3v) is 7.12. The van der Waals surface area contributed by atoms with E-state index in [1.807, 2.05) is 0 Å². The van der Waals surface area contributed by atoms with Crippen molar-refractivity contribution in [1.29, 1.82) is 0 Å². The largest absolute Gasteiger partial charge is 1.00 e. The van der Waals surface area contributed by atoms with E-state index in [4.69, 9.17) is 4.55 Å². The number of aliphatic imine (C=N–C) groups is 1. The molecule has 27 heavy (non-hydrogen) atoms. The summed E-state index contributed by atoms with van der Waals surface area (Å²) in [5.74, 6) is -0.593. The van der Waals surface area contributed by atoms with Crippen molar-refractivity contribution in [2.45, 2.75) is 41.9 Å². The second kappa shape index (κ2) is 8.18. The van der Waals surface area contributed by atoms with Crippen molar-refractivity contribution in [2.75, 3.05) is 5.75 Å². The van der Waals surface area contributed by atoms with Gasteiger partial charge in [-0.25, -0.2) is 0 Å². The van der Waals surface area contributed by atoms with Crippen molar-refractivity contribution in [2.24, 2.45) is 4.99 Å². The molecular formula is C13H18KNO9S3. The maximum atomic E-state index is 11.9. The topological polar surface area (TPSA) is 175 Å². The minimum absolute atomic E-state index is 0. The van der Waals surface area contributed by atoms with Gasteiger partial charge in [-0.15, -0.1) is 0 Å². The number of hydrogen-bond donors (Lipinski definition) is 3. The summed E-state index contributed by atoms with van der Waals surface area (Å²) in [6, 6.07) is 2.00. The minimum atomic E-state index is -5.07. The van der Waals surface area contributed by atoms with E-state index in [1.54, 1.807) is 0 Å². The zero-order valence-corrected chi connectivity index (χ0v) is 20.3. The zero-order chi connectivity index (χ0) is 20.1. The normalized spacial score (nSPS) is 20.0. The van der Waals surface area contributed by atoms with Gasteiger partial charge in [-0.1, -0.05) is 6.92 Å². The first-order chi connectivity index (χ1) is 11.6. The van der Waals surface area contributed by atoms with Gasteiger partial charge in [0.1, 0.15) is 9.79 Å². The molecule has 0 fully saturated rings. The summed E-state index contributed by atoms with van der Waals surface area (Å²) < 4.78 is 96.5. The summed E-state index contributed by atoms with van der Waals surface area (Å²) in [5, 5.41) is 0. The fourth-order valence-electron chi connectivity index (χ4n) is 3.04. The van der Waals surface area contributed by atoms with E-state index in [9.17, 15) is 34.4 Å². The molecule has 0 saturated heterocycles. The second-order valence-electron chi connectivity index (χ2n) is 6.16. The Kier molecular flexibility index (Phi) is 7.66. The van der Waals surface area contributed by atoms with Crippen LogP contribution in [0.1, 0.15) is 33.7 Å². The summed E-state index contributed by atoms with van der Waals surface area (Å²) in [4.78, 5) is 2.18. The molecule has 1 aliphatic heterocycles. The zero-order valence-electron chi connectivity index (χ0n) is 15.7. The van der Waals surface area contributed by atoms with Crippen molar-refractivity contribution in [3.8, 4) is 0 Å². The average Bonchev–Trinajstić information content (AvgIpc) is 2.66. The van der Waals surface area contributed by atoms with E-state index in [1.165, 1.54) is 19.9 Å². The van der Waals surface area contributed by atoms with Gasteiger partial charge in [0.15, 0.2) is 0 Å². The van der Waals surface area contributed by atoms with Crippen LogP contribution in [0, 0.1) is 0 Å². The van der Waals surface area contributed by atoms with Crippen LogP contribution in [0.3, 0.4) is 0 Å². The van der Waals surface area contributed by atoms with Crippen molar-refractivity contribution in [1.82, 2.24) is 0 Å². The van der Waals surface area contributed by atoms with Gasteiger partial charge < -0.3 is 1.43 Å². The summed E-state index contributed by atoms with van der Waals surface area (Å²) in [6.45, 7) is 3.04. The molecule has 0 aliphatic carbocycles. The molecule has 148 valence electrons. The van der Waals surface area contributed by atoms with Gasteiger partial charge in [0, 0.05) is 16.7 Å². The Morgan fingerprint density at radius 3 is 2.04 bits per heavy atom. The van der Waals surface area contributed by atoms with Crippen LogP contribution in [0.25, 0.3) is 0 Å². The Labute approximate surface area is 201 Å². The van der Waals surface area contributed by atoms with Gasteiger partial charge >= 0.3 is 51.4 Å². The number of benzene rings is 1. The van der Waals surface area contributed by atoms with Crippen molar-refractivity contribution in [3.63, 3.8) is 0 Å². The van der Waals surface area contributed by atoms with E-state index < -0.39 is 51.3 Å². The third kappa shape index (κ3) is 5.45. The Hall–Kier alpha value is 0.256. The molecule has 2 rings (SSSR count). The molecule has 1 aliphatic rings. The van der Waals surface area contributed by atoms with Crippen LogP contribution in [0.4, 0.5) is 5.69 Å². The van der Waals surface area contributed by atoms with Gasteiger partial charge in [-0.2, -0.15) is 25.3 Å². The molecule has 10 nitrogen and oxygen atoms in total. The molecule has 1 aromatic carbocycles. The molecule has 0 aromatic heterocycles. The molecule has 14 heteroatoms. The molecule has 0 radical (unpaired) electrons. The van der Waals surface area contributed by atoms with Crippen molar-refractivity contribution in [3.05, 3.63) is 17.7 Å². The van der Waals surface area contributed by atoms with Gasteiger partial charge in [0.2, 0.25) is 0 Å². The van der Waals surface area contributed by atoms with Crippen LogP contribution in [-0.2, 0) is 35.8 Å². The molecule has 0 bridgehead atoms. The fraction of sp³-hybridized carbons (Fsp3) is 0.462. The third-order valence-electron chi connectivity index (χ3n) is 4.35. The smallest absolute Gasteiger partial charge is 1.00 e. The quantitative estimate of drug-likeness (QED) is 0.326. The molecule has 3 N–H and O–H groups in total. The van der Waals surface area contributed by atoms with Crippen LogP contribution >= 0.6 is 0 Å². The van der Waals surface area contributed by atoms with Crippen LogP contribution in [0.2, 0.25) is 0 Å². The predicted octanol–water partition coefficient (Wildman–Crippen LogP) is -1.67. The summed E-state index contributed by atoms with van der Waals surface area (Å²) in [5.41, 5.74) is -0.939. The van der Waals surface area contributed by atoms with Gasteiger partial charge in [0.05, 0.1) is 11.4 Å². The van der Waals surface area contributed by atoms with Gasteiger partial charge in [-0.05, 0) is 31.9 Å². The number of nitrogens with zero attached hydrogens (tertiary/aromatic N) is 1. The summed E-state index contributed by atoms with van der Waals surface area (Å²) >= 11 is 0. The average molecular weight is 468 g/mol. The van der Waals surface area contributed by atoms with Crippen LogP contribution in [-0.4, -0.2) is 50.4 Å². The minimum Gasteiger partial charge on any atom is -1.00 e. The molecule has 0 spiro atoms. The first kappa shape index (κ1) is 25.3. The standard InChI is InChI=1S/C13H17NO9S3.K.H/c1-8-13(2,6-3-7-24(15,16)17)11-9(14-8)4-5-10(25(18,19)20)12(11)26(21,22)23;;/h4-5H,3,6-7H2,1-2H3,(H,15,16,17)(H,18,19,20)(H,21,22,23);;/q;+1;-1. The van der Waals surface area contributed by atoms with E-state index in [0.717, 1.165) is 6.07 Å². The number of fused-ring (bicyclic) bond motifs is 1. The number of rotatable bonds is 6. The molecule has 1 aromatic rings. The maximum absolute atomic E-state index is 11.9. The fourth-order valence-corrected chi connectivity index (χ4v) is 5.67. The Morgan fingerprint density at radius 2 is 1.59 bits per heavy atom. The Morgan fingerprint density at radius 1 is 1.04 bits per heavy atom. The summed E-state index contributed by atoms with van der Waals surface area (Å²) in [6.07, 6.45) is -0.0881. The SMILES string of the molecule is CC1=Nc2ccc(S(=O)(=O)O)c(S(=O)(=O)O)c2C1(C)CCCS(=O)(=O)O.[H-].[K+]. The monoisotopic (exact) mass is 467 g/mol. The number of hydrogen-bond acceptors (Lipinski definition) is 7. The molecule has 0 saturated carbocycles.